The molecule has 0 saturated heterocycles. The zero-order valence-electron chi connectivity index (χ0n) is 17.8. The first-order chi connectivity index (χ1) is 14.2. The van der Waals surface area contributed by atoms with Gasteiger partial charge in [-0.15, -0.1) is 0 Å². The maximum atomic E-state index is 12.6. The molecule has 0 spiro atoms. The Labute approximate surface area is 175 Å². The van der Waals surface area contributed by atoms with E-state index in [2.05, 4.69) is 13.0 Å². The van der Waals surface area contributed by atoms with E-state index in [0.29, 0.717) is 29.3 Å². The Morgan fingerprint density at radius 3 is 2.48 bits per heavy atom. The molecule has 4 atom stereocenters. The van der Waals surface area contributed by atoms with Gasteiger partial charge in [-0.3, -0.25) is 4.79 Å². The van der Waals surface area contributed by atoms with E-state index >= 15 is 0 Å². The molecule has 4 nitrogen and oxygen atoms in total. The van der Waals surface area contributed by atoms with Crippen LogP contribution in [-0.4, -0.2) is 18.7 Å². The van der Waals surface area contributed by atoms with E-state index in [-0.39, 0.29) is 11.9 Å². The number of nitrogens with zero attached hydrogens (tertiary/aromatic N) is 1. The standard InChI is InChI=1S/C25H35NO3/c1-2-3-4-5-6-15-28-24-14-11-20-16-22(10-9-21(20)17-24)25(27)29-23-12-7-19(18-26)8-13-23/h7-8,12-13,20-22,24H,2-6,9-11,14-17H2,1H3. The highest BCUT2D eigenvalue weighted by atomic mass is 16.5. The van der Waals surface area contributed by atoms with Crippen LogP contribution in [0.25, 0.3) is 0 Å². The van der Waals surface area contributed by atoms with Crippen LogP contribution in [0.4, 0.5) is 0 Å². The van der Waals surface area contributed by atoms with E-state index in [0.717, 1.165) is 38.7 Å². The molecule has 0 aliphatic heterocycles. The van der Waals surface area contributed by atoms with Gasteiger partial charge in [0.05, 0.1) is 23.7 Å². The first-order valence-electron chi connectivity index (χ1n) is 11.5. The predicted octanol–water partition coefficient (Wildman–Crippen LogP) is 6.04. The Morgan fingerprint density at radius 2 is 1.72 bits per heavy atom. The van der Waals surface area contributed by atoms with Gasteiger partial charge in [-0.2, -0.15) is 5.26 Å². The van der Waals surface area contributed by atoms with Crippen molar-refractivity contribution < 1.29 is 14.3 Å². The SMILES string of the molecule is CCCCCCCOC1CCC2CC(C(=O)Oc3ccc(C#N)cc3)CCC2C1. The van der Waals surface area contributed by atoms with Crippen LogP contribution < -0.4 is 4.74 Å². The molecule has 3 rings (SSSR count). The fourth-order valence-corrected chi connectivity index (χ4v) is 4.96. The van der Waals surface area contributed by atoms with Crippen molar-refractivity contribution in [2.45, 2.75) is 83.7 Å². The molecular weight excluding hydrogens is 362 g/mol. The topological polar surface area (TPSA) is 59.3 Å². The summed E-state index contributed by atoms with van der Waals surface area (Å²) in [5.41, 5.74) is 0.574. The van der Waals surface area contributed by atoms with Crippen LogP contribution in [0.15, 0.2) is 24.3 Å². The van der Waals surface area contributed by atoms with Crippen LogP contribution in [0.2, 0.25) is 0 Å². The second kappa shape index (κ2) is 11.4. The minimum absolute atomic E-state index is 0.00271. The number of esters is 1. The van der Waals surface area contributed by atoms with Crippen molar-refractivity contribution in [3.8, 4) is 11.8 Å². The van der Waals surface area contributed by atoms with Crippen molar-refractivity contribution in [3.05, 3.63) is 29.8 Å². The van der Waals surface area contributed by atoms with E-state index in [1.54, 1.807) is 24.3 Å². The van der Waals surface area contributed by atoms with Gasteiger partial charge >= 0.3 is 5.97 Å². The Bertz CT molecular complexity index is 678. The maximum absolute atomic E-state index is 12.6. The highest BCUT2D eigenvalue weighted by Crippen LogP contribution is 2.43. The lowest BCUT2D eigenvalue weighted by atomic mass is 9.67. The summed E-state index contributed by atoms with van der Waals surface area (Å²) in [6.45, 7) is 3.15. The third-order valence-electron chi connectivity index (χ3n) is 6.70. The Kier molecular flexibility index (Phi) is 8.55. The lowest BCUT2D eigenvalue weighted by Gasteiger charge is -2.41. The fraction of sp³-hybridized carbons (Fsp3) is 0.680. The number of hydrogen-bond donors (Lipinski definition) is 0. The molecule has 158 valence electrons. The number of hydrogen-bond acceptors (Lipinski definition) is 4. The van der Waals surface area contributed by atoms with Crippen molar-refractivity contribution >= 4 is 5.97 Å². The Hall–Kier alpha value is -1.86. The summed E-state index contributed by atoms with van der Waals surface area (Å²) in [4.78, 5) is 12.6. The van der Waals surface area contributed by atoms with Crippen molar-refractivity contribution in [1.29, 1.82) is 5.26 Å². The third kappa shape index (κ3) is 6.57. The summed E-state index contributed by atoms with van der Waals surface area (Å²) in [5, 5.41) is 8.87. The predicted molar refractivity (Wildman–Crippen MR) is 113 cm³/mol. The fourth-order valence-electron chi connectivity index (χ4n) is 4.96. The molecule has 2 saturated carbocycles. The highest BCUT2D eigenvalue weighted by molar-refractivity contribution is 5.75. The molecule has 2 fully saturated rings. The number of ether oxygens (including phenoxy) is 2. The van der Waals surface area contributed by atoms with Gasteiger partial charge in [0.2, 0.25) is 0 Å². The van der Waals surface area contributed by atoms with Gasteiger partial charge in [-0.1, -0.05) is 32.6 Å². The summed E-state index contributed by atoms with van der Waals surface area (Å²) >= 11 is 0. The number of carbonyl (C=O) groups is 1. The normalized spacial score (nSPS) is 26.3. The second-order valence-electron chi connectivity index (χ2n) is 8.81. The zero-order valence-corrected chi connectivity index (χ0v) is 17.8. The van der Waals surface area contributed by atoms with Crippen molar-refractivity contribution in [2.24, 2.45) is 17.8 Å². The molecule has 4 unspecified atom stereocenters. The summed E-state index contributed by atoms with van der Waals surface area (Å²) in [5.74, 6) is 1.76. The van der Waals surface area contributed by atoms with Crippen molar-refractivity contribution in [2.75, 3.05) is 6.61 Å². The first kappa shape index (κ1) is 21.8. The lowest BCUT2D eigenvalue weighted by molar-refractivity contribution is -0.141. The molecule has 0 radical (unpaired) electrons. The van der Waals surface area contributed by atoms with E-state index in [1.807, 2.05) is 0 Å². The van der Waals surface area contributed by atoms with Crippen LogP contribution >= 0.6 is 0 Å². The number of rotatable bonds is 9. The van der Waals surface area contributed by atoms with Gasteiger partial charge < -0.3 is 9.47 Å². The average Bonchev–Trinajstić information content (AvgIpc) is 2.76. The highest BCUT2D eigenvalue weighted by Gasteiger charge is 2.38. The van der Waals surface area contributed by atoms with Gasteiger partial charge in [0.15, 0.2) is 0 Å². The number of carbonyl (C=O) groups excluding carboxylic acids is 1. The molecule has 0 heterocycles. The quantitative estimate of drug-likeness (QED) is 0.290. The Morgan fingerprint density at radius 1 is 1.00 bits per heavy atom. The molecule has 4 heteroatoms. The van der Waals surface area contributed by atoms with Crippen LogP contribution in [-0.2, 0) is 9.53 Å². The molecule has 0 bridgehead atoms. The van der Waals surface area contributed by atoms with E-state index < -0.39 is 0 Å². The molecule has 1 aromatic rings. The first-order valence-corrected chi connectivity index (χ1v) is 11.5. The average molecular weight is 398 g/mol. The summed E-state index contributed by atoms with van der Waals surface area (Å²) in [6.07, 6.45) is 13.3. The van der Waals surface area contributed by atoms with E-state index in [9.17, 15) is 4.79 Å². The smallest absolute Gasteiger partial charge is 0.314 e. The monoisotopic (exact) mass is 397 g/mol. The van der Waals surface area contributed by atoms with E-state index in [1.165, 1.54) is 38.5 Å². The summed E-state index contributed by atoms with van der Waals surface area (Å²) in [7, 11) is 0. The minimum Gasteiger partial charge on any atom is -0.426 e. The molecule has 29 heavy (non-hydrogen) atoms. The largest absolute Gasteiger partial charge is 0.426 e. The third-order valence-corrected chi connectivity index (χ3v) is 6.70. The molecule has 2 aliphatic rings. The number of benzene rings is 1. The molecule has 1 aromatic carbocycles. The Balaban J connectivity index is 1.38. The maximum Gasteiger partial charge on any atom is 0.314 e. The summed E-state index contributed by atoms with van der Waals surface area (Å²) in [6, 6.07) is 8.85. The molecule has 2 aliphatic carbocycles. The van der Waals surface area contributed by atoms with Gasteiger partial charge in [0, 0.05) is 6.61 Å². The van der Waals surface area contributed by atoms with Crippen molar-refractivity contribution in [3.63, 3.8) is 0 Å². The van der Waals surface area contributed by atoms with Gasteiger partial charge in [0.1, 0.15) is 5.75 Å². The van der Waals surface area contributed by atoms with Gasteiger partial charge in [-0.25, -0.2) is 0 Å². The number of unbranched alkanes of at least 4 members (excludes halogenated alkanes) is 4. The lowest BCUT2D eigenvalue weighted by Crippen LogP contribution is -2.37. The zero-order chi connectivity index (χ0) is 20.5. The molecular formula is C25H35NO3. The van der Waals surface area contributed by atoms with Crippen molar-refractivity contribution in [1.82, 2.24) is 0 Å². The second-order valence-corrected chi connectivity index (χ2v) is 8.81. The van der Waals surface area contributed by atoms with Gasteiger partial charge in [0.25, 0.3) is 0 Å². The van der Waals surface area contributed by atoms with Crippen LogP contribution in [0.3, 0.4) is 0 Å². The molecule has 0 N–H and O–H groups in total. The minimum atomic E-state index is -0.112. The van der Waals surface area contributed by atoms with E-state index in [4.69, 9.17) is 14.7 Å². The van der Waals surface area contributed by atoms with Crippen LogP contribution in [0.5, 0.6) is 5.75 Å². The van der Waals surface area contributed by atoms with Crippen LogP contribution in [0, 0.1) is 29.1 Å². The molecule has 0 aromatic heterocycles. The number of fused-ring (bicyclic) bond motifs is 1. The summed E-state index contributed by atoms with van der Waals surface area (Å²) < 4.78 is 11.7. The van der Waals surface area contributed by atoms with Gasteiger partial charge in [-0.05, 0) is 81.0 Å². The number of nitriles is 1. The molecule has 0 amide bonds. The van der Waals surface area contributed by atoms with Crippen LogP contribution in [0.1, 0.15) is 83.1 Å².